The van der Waals surface area contributed by atoms with Crippen LogP contribution >= 0.6 is 0 Å². The van der Waals surface area contributed by atoms with Gasteiger partial charge in [0.2, 0.25) is 29.5 Å². The van der Waals surface area contributed by atoms with E-state index in [0.29, 0.717) is 111 Å². The van der Waals surface area contributed by atoms with Gasteiger partial charge in [0.05, 0.1) is 56.7 Å². The molecule has 0 unspecified atom stereocenters. The number of amides is 3. The zero-order valence-electron chi connectivity index (χ0n) is 58.1. The molecule has 9 aromatic rings. The van der Waals surface area contributed by atoms with Crippen LogP contribution in [0.25, 0.3) is 33.8 Å². The predicted octanol–water partition coefficient (Wildman–Crippen LogP) is 8.39. The number of hydrogen-bond donors (Lipinski definition) is 6. The molecule has 9 N–H and O–H groups in total. The molecule has 3 aromatic carbocycles. The summed E-state index contributed by atoms with van der Waals surface area (Å²) in [5.41, 5.74) is 29.4. The molecule has 26 heteroatoms. The fourth-order valence-electron chi connectivity index (χ4n) is 10.4. The molecule has 3 saturated heterocycles. The first-order valence-corrected chi connectivity index (χ1v) is 33.4. The van der Waals surface area contributed by atoms with E-state index in [1.54, 1.807) is 106 Å². The largest absolute Gasteiger partial charge is 0.378 e. The number of rotatable bonds is 17. The third-order valence-electron chi connectivity index (χ3n) is 15.8. The van der Waals surface area contributed by atoms with Gasteiger partial charge in [0.1, 0.15) is 17.5 Å². The lowest BCUT2D eigenvalue weighted by Gasteiger charge is -2.28. The number of nitrogens with zero attached hydrogens (tertiary/aromatic N) is 12. The van der Waals surface area contributed by atoms with Crippen molar-refractivity contribution in [2.45, 2.75) is 34.1 Å². The summed E-state index contributed by atoms with van der Waals surface area (Å²) >= 11 is 0. The van der Waals surface area contributed by atoms with Crippen molar-refractivity contribution in [2.24, 2.45) is 0 Å². The summed E-state index contributed by atoms with van der Waals surface area (Å²) in [7, 11) is 0. The number of hydrogen-bond acceptors (Lipinski definition) is 23. The van der Waals surface area contributed by atoms with E-state index >= 15 is 0 Å². The van der Waals surface area contributed by atoms with Crippen LogP contribution in [0.1, 0.15) is 76.2 Å². The van der Waals surface area contributed by atoms with Crippen LogP contribution in [0.4, 0.5) is 46.7 Å². The van der Waals surface area contributed by atoms with Gasteiger partial charge in [-0.3, -0.25) is 24.0 Å². The first-order valence-electron chi connectivity index (χ1n) is 33.4. The van der Waals surface area contributed by atoms with Crippen molar-refractivity contribution in [2.75, 3.05) is 128 Å². The monoisotopic (exact) mass is 1390 g/mol. The zero-order valence-corrected chi connectivity index (χ0v) is 58.1. The van der Waals surface area contributed by atoms with E-state index in [4.69, 9.17) is 46.4 Å². The molecule has 0 saturated carbocycles. The number of allylic oxidation sites excluding steroid dienone is 3. The Hall–Kier alpha value is -12.9. The van der Waals surface area contributed by atoms with Crippen molar-refractivity contribution in [3.63, 3.8) is 0 Å². The summed E-state index contributed by atoms with van der Waals surface area (Å²) in [5.74, 6) is 13.9. The van der Waals surface area contributed by atoms with Gasteiger partial charge in [-0.25, -0.2) is 44.9 Å². The molecule has 3 aliphatic heterocycles. The molecule has 3 fully saturated rings. The number of anilines is 8. The minimum atomic E-state index is -0.679. The number of carbonyl (C=O) groups excluding carboxylic acids is 5. The molecular weight excluding hydrogens is 1320 g/mol. The van der Waals surface area contributed by atoms with E-state index in [9.17, 15) is 24.0 Å². The van der Waals surface area contributed by atoms with Crippen LogP contribution in [0.5, 0.6) is 0 Å². The Morgan fingerprint density at radius 1 is 0.471 bits per heavy atom. The Morgan fingerprint density at radius 3 is 1.26 bits per heavy atom. The van der Waals surface area contributed by atoms with Crippen LogP contribution < -0.4 is 47.9 Å². The van der Waals surface area contributed by atoms with Gasteiger partial charge in [0.15, 0.2) is 5.78 Å². The van der Waals surface area contributed by atoms with Gasteiger partial charge in [-0.2, -0.15) is 0 Å². The van der Waals surface area contributed by atoms with Crippen LogP contribution in [-0.2, 0) is 35.0 Å². The highest BCUT2D eigenvalue weighted by Crippen LogP contribution is 2.27. The molecular formula is C78H78N18O8. The van der Waals surface area contributed by atoms with Gasteiger partial charge in [0, 0.05) is 144 Å². The minimum Gasteiger partial charge on any atom is -0.378 e. The number of carbonyl (C=O) groups is 5. The number of aromatic nitrogens is 9. The van der Waals surface area contributed by atoms with Crippen molar-refractivity contribution in [3.05, 3.63) is 221 Å². The van der Waals surface area contributed by atoms with Crippen molar-refractivity contribution in [1.29, 1.82) is 0 Å². The molecule has 0 spiro atoms. The molecule has 0 bridgehead atoms. The maximum atomic E-state index is 13.1. The molecule has 3 aliphatic rings. The maximum absolute atomic E-state index is 13.1. The van der Waals surface area contributed by atoms with Gasteiger partial charge in [-0.05, 0) is 143 Å². The van der Waals surface area contributed by atoms with E-state index in [1.807, 2.05) is 74.5 Å². The standard InChI is InChI=1S/C27H30N6O3.C27H26N6O3.C24H22N6O2/c1-18(2)13-24(34)20-5-3-19(4-6-20)7-8-29-26(35)21-14-23(22-16-30-27(28)31-17-22)32-25(15-21)33-9-11-36-12-10-33;1-18(2)13-24(34)26(35)31-22-7-5-19(6-8-22)3-4-20-14-23(21-16-29-27(28)30-17-21)32-25(15-20)33-9-11-36-12-10-33;1-2-23(31)28-20-7-5-17(6-8-20)3-4-18-13-21(19-15-26-24(25)27-16-19)29-22(14-18)30-9-11-32-12-10-30/h3-6,13-17H,7-12H2,1-2H3,(H,29,35)(H2,28,30,31);5-8,13-17H,9-12H2,1-2H3,(H,31,35)(H2,28,29,30);2,5-8,13-16H,1,9-12H2,(H,28,31)(H2,25,26,27). The summed E-state index contributed by atoms with van der Waals surface area (Å²) in [5, 5.41) is 8.30. The second kappa shape index (κ2) is 36.5. The van der Waals surface area contributed by atoms with E-state index in [2.05, 4.69) is 90.8 Å². The molecule has 12 rings (SSSR count). The molecule has 6 aromatic heterocycles. The van der Waals surface area contributed by atoms with Gasteiger partial charge < -0.3 is 62.1 Å². The van der Waals surface area contributed by atoms with Crippen LogP contribution in [0.15, 0.2) is 182 Å². The topological polar surface area (TPSA) is 353 Å². The van der Waals surface area contributed by atoms with Gasteiger partial charge in [-0.1, -0.05) is 65.7 Å². The van der Waals surface area contributed by atoms with Crippen molar-refractivity contribution < 1.29 is 38.2 Å². The first-order chi connectivity index (χ1) is 50.4. The van der Waals surface area contributed by atoms with Crippen LogP contribution in [0, 0.1) is 23.7 Å². The van der Waals surface area contributed by atoms with Crippen LogP contribution in [0.2, 0.25) is 0 Å². The summed E-state index contributed by atoms with van der Waals surface area (Å²) in [6, 6.07) is 33.0. The molecule has 9 heterocycles. The zero-order chi connectivity index (χ0) is 73.3. The average molecular weight is 1400 g/mol. The van der Waals surface area contributed by atoms with Crippen molar-refractivity contribution >= 4 is 76.0 Å². The highest BCUT2D eigenvalue weighted by molar-refractivity contribution is 6.44. The third-order valence-corrected chi connectivity index (χ3v) is 15.8. The molecule has 0 radical (unpaired) electrons. The number of morpholine rings is 3. The summed E-state index contributed by atoms with van der Waals surface area (Å²) in [6.45, 7) is 19.4. The highest BCUT2D eigenvalue weighted by Gasteiger charge is 2.21. The van der Waals surface area contributed by atoms with Crippen LogP contribution in [0.3, 0.4) is 0 Å². The van der Waals surface area contributed by atoms with Gasteiger partial charge in [0.25, 0.3) is 11.8 Å². The molecule has 3 amide bonds. The first kappa shape index (κ1) is 73.8. The molecule has 0 aliphatic carbocycles. The smallest absolute Gasteiger partial charge is 0.296 e. The number of ether oxygens (including phenoxy) is 3. The number of nitrogens with two attached hydrogens (primary N) is 3. The van der Waals surface area contributed by atoms with E-state index < -0.39 is 11.7 Å². The highest BCUT2D eigenvalue weighted by atomic mass is 16.5. The minimum absolute atomic E-state index is 0.00841. The fourth-order valence-corrected chi connectivity index (χ4v) is 10.4. The second-order valence-corrected chi connectivity index (χ2v) is 24.3. The third kappa shape index (κ3) is 22.1. The number of benzene rings is 3. The van der Waals surface area contributed by atoms with Crippen molar-refractivity contribution in [3.8, 4) is 57.5 Å². The number of nitrogen functional groups attached to an aromatic ring is 3. The maximum Gasteiger partial charge on any atom is 0.296 e. The lowest BCUT2D eigenvalue weighted by Crippen LogP contribution is -2.37. The van der Waals surface area contributed by atoms with Gasteiger partial charge in [-0.15, -0.1) is 0 Å². The number of pyridine rings is 3. The quantitative estimate of drug-likeness (QED) is 0.0216. The Balaban J connectivity index is 0.000000168. The van der Waals surface area contributed by atoms with Gasteiger partial charge >= 0.3 is 0 Å². The predicted molar refractivity (Wildman–Crippen MR) is 401 cm³/mol. The average Bonchev–Trinajstić information content (AvgIpc) is 0.777. The number of nitrogens with one attached hydrogen (secondary N) is 3. The van der Waals surface area contributed by atoms with Crippen molar-refractivity contribution in [1.82, 2.24) is 50.2 Å². The Morgan fingerprint density at radius 2 is 0.856 bits per heavy atom. The molecule has 0 atom stereocenters. The van der Waals surface area contributed by atoms with E-state index in [0.717, 1.165) is 93.6 Å². The summed E-state index contributed by atoms with van der Waals surface area (Å²) < 4.78 is 16.4. The Labute approximate surface area is 602 Å². The van der Waals surface area contributed by atoms with E-state index in [1.165, 1.54) is 12.2 Å². The summed E-state index contributed by atoms with van der Waals surface area (Å²) in [4.78, 5) is 106. The summed E-state index contributed by atoms with van der Waals surface area (Å²) in [6.07, 6.45) is 14.6. The normalized spacial score (nSPS) is 13.0. The SMILES string of the molecule is C=CC(=O)Nc1ccc(C#Cc2cc(-c3cnc(N)nc3)nc(N3CCOCC3)c2)cc1.CC(C)=CC(=O)C(=O)Nc1ccc(C#Cc2cc(-c3cnc(N)nc3)nc(N3CCOCC3)c2)cc1.CC(C)=CC(=O)c1ccc(CCNC(=O)c2cc(-c3cnc(N)nc3)nc(N3CCOCC3)c2)cc1. The second-order valence-electron chi connectivity index (χ2n) is 24.3. The Kier molecular flexibility index (Phi) is 25.9. The molecule has 26 nitrogen and oxygen atoms in total. The van der Waals surface area contributed by atoms with E-state index in [-0.39, 0.29) is 35.4 Å². The lowest BCUT2D eigenvalue weighted by atomic mass is 10.0. The fraction of sp³-hybridized carbons (Fsp3) is 0.231. The Bertz CT molecular complexity index is 4720. The lowest BCUT2D eigenvalue weighted by molar-refractivity contribution is -0.132. The molecule has 528 valence electrons. The number of ketones is 2. The van der Waals surface area contributed by atoms with Crippen LogP contribution in [-0.4, -0.2) is 160 Å². The molecule has 104 heavy (non-hydrogen) atoms.